The molecule has 5 nitrogen and oxygen atoms in total. The van der Waals surface area contributed by atoms with E-state index in [2.05, 4.69) is 0 Å². The average Bonchev–Trinajstić information content (AvgIpc) is 2.37. The summed E-state index contributed by atoms with van der Waals surface area (Å²) in [6.45, 7) is 0. The number of ether oxygens (including phenoxy) is 1. The Kier molecular flexibility index (Phi) is 2.75. The van der Waals surface area contributed by atoms with Gasteiger partial charge in [-0.15, -0.1) is 0 Å². The van der Waals surface area contributed by atoms with E-state index in [1.807, 2.05) is 0 Å². The van der Waals surface area contributed by atoms with Crippen molar-refractivity contribution in [3.8, 4) is 23.0 Å². The van der Waals surface area contributed by atoms with Gasteiger partial charge >= 0.3 is 5.97 Å². The number of aromatic hydroxyl groups is 3. The Morgan fingerprint density at radius 1 is 1.05 bits per heavy atom. The summed E-state index contributed by atoms with van der Waals surface area (Å²) in [6.07, 6.45) is 0.0168. The minimum absolute atomic E-state index is 0.0168. The van der Waals surface area contributed by atoms with Gasteiger partial charge in [-0.25, -0.2) is 0 Å². The van der Waals surface area contributed by atoms with Crippen molar-refractivity contribution < 1.29 is 24.9 Å². The summed E-state index contributed by atoms with van der Waals surface area (Å²) < 4.78 is 5.04. The third-order valence-corrected chi connectivity index (χ3v) is 3.36. The third-order valence-electron chi connectivity index (χ3n) is 3.36. The highest BCUT2D eigenvalue weighted by Gasteiger charge is 2.32. The van der Waals surface area contributed by atoms with Crippen LogP contribution in [0.25, 0.3) is 0 Å². The van der Waals surface area contributed by atoms with Crippen LogP contribution in [-0.4, -0.2) is 21.3 Å². The van der Waals surface area contributed by atoms with E-state index in [0.29, 0.717) is 11.1 Å². The van der Waals surface area contributed by atoms with Crippen LogP contribution in [0.4, 0.5) is 0 Å². The highest BCUT2D eigenvalue weighted by atomic mass is 16.5. The summed E-state index contributed by atoms with van der Waals surface area (Å²) >= 11 is 0. The highest BCUT2D eigenvalue weighted by molar-refractivity contribution is 5.79. The van der Waals surface area contributed by atoms with Crippen molar-refractivity contribution in [2.45, 2.75) is 12.3 Å². The van der Waals surface area contributed by atoms with Crippen LogP contribution >= 0.6 is 0 Å². The maximum atomic E-state index is 11.7. The number of carbonyl (C=O) groups excluding carboxylic acids is 1. The minimum Gasteiger partial charge on any atom is -0.508 e. The molecule has 2 aromatic carbocycles. The van der Waals surface area contributed by atoms with Crippen LogP contribution in [0, 0.1) is 0 Å². The molecular weight excluding hydrogens is 260 g/mol. The van der Waals surface area contributed by atoms with E-state index in [0.717, 1.165) is 0 Å². The van der Waals surface area contributed by atoms with Gasteiger partial charge in [0.1, 0.15) is 23.0 Å². The first-order valence-corrected chi connectivity index (χ1v) is 6.10. The summed E-state index contributed by atoms with van der Waals surface area (Å²) in [4.78, 5) is 11.7. The zero-order chi connectivity index (χ0) is 14.3. The number of para-hydroxylation sites is 1. The molecule has 0 aromatic heterocycles. The number of rotatable bonds is 1. The lowest BCUT2D eigenvalue weighted by molar-refractivity contribution is -0.135. The Hall–Kier alpha value is -2.69. The molecule has 0 amide bonds. The van der Waals surface area contributed by atoms with Crippen molar-refractivity contribution in [1.82, 2.24) is 0 Å². The quantitative estimate of drug-likeness (QED) is 0.547. The van der Waals surface area contributed by atoms with Gasteiger partial charge in [-0.2, -0.15) is 0 Å². The molecule has 20 heavy (non-hydrogen) atoms. The fourth-order valence-corrected chi connectivity index (χ4v) is 2.51. The molecule has 102 valence electrons. The molecule has 0 spiro atoms. The summed E-state index contributed by atoms with van der Waals surface area (Å²) in [6, 6.07) is 9.09. The molecule has 0 saturated carbocycles. The molecule has 3 N–H and O–H groups in total. The lowest BCUT2D eigenvalue weighted by Gasteiger charge is -2.26. The summed E-state index contributed by atoms with van der Waals surface area (Å²) in [5.74, 6) is -1.17. The van der Waals surface area contributed by atoms with E-state index in [-0.39, 0.29) is 29.4 Å². The molecule has 1 heterocycles. The minimum atomic E-state index is -0.506. The van der Waals surface area contributed by atoms with Crippen molar-refractivity contribution in [2.75, 3.05) is 0 Å². The second kappa shape index (κ2) is 4.45. The smallest absolute Gasteiger partial charge is 0.312 e. The topological polar surface area (TPSA) is 87.0 Å². The van der Waals surface area contributed by atoms with Gasteiger partial charge < -0.3 is 20.1 Å². The number of carbonyl (C=O) groups is 1. The fourth-order valence-electron chi connectivity index (χ4n) is 2.51. The Bertz CT molecular complexity index is 693. The van der Waals surface area contributed by atoms with Crippen LogP contribution in [0.5, 0.6) is 23.0 Å². The van der Waals surface area contributed by atoms with Crippen LogP contribution in [0.15, 0.2) is 36.4 Å². The molecular formula is C15H12O5. The van der Waals surface area contributed by atoms with Crippen molar-refractivity contribution in [3.63, 3.8) is 0 Å². The largest absolute Gasteiger partial charge is 0.508 e. The normalized spacial score (nSPS) is 17.4. The van der Waals surface area contributed by atoms with Crippen LogP contribution in [0.3, 0.4) is 0 Å². The lowest BCUT2D eigenvalue weighted by Crippen LogP contribution is -2.21. The lowest BCUT2D eigenvalue weighted by atomic mass is 9.85. The first kappa shape index (κ1) is 12.3. The molecule has 0 aliphatic carbocycles. The number of benzene rings is 2. The molecule has 0 saturated heterocycles. The second-order valence-corrected chi connectivity index (χ2v) is 4.67. The van der Waals surface area contributed by atoms with Gasteiger partial charge in [0.05, 0.1) is 6.42 Å². The summed E-state index contributed by atoms with van der Waals surface area (Å²) in [5.41, 5.74) is 0.926. The van der Waals surface area contributed by atoms with E-state index < -0.39 is 11.9 Å². The molecule has 5 heteroatoms. The molecule has 0 unspecified atom stereocenters. The van der Waals surface area contributed by atoms with Crippen LogP contribution < -0.4 is 4.74 Å². The van der Waals surface area contributed by atoms with E-state index in [4.69, 9.17) is 4.74 Å². The van der Waals surface area contributed by atoms with Gasteiger partial charge in [0.25, 0.3) is 0 Å². The Labute approximate surface area is 114 Å². The summed E-state index contributed by atoms with van der Waals surface area (Å²) in [7, 11) is 0. The molecule has 3 rings (SSSR count). The monoisotopic (exact) mass is 272 g/mol. The fraction of sp³-hybridized carbons (Fsp3) is 0.133. The third kappa shape index (κ3) is 1.93. The Morgan fingerprint density at radius 2 is 1.80 bits per heavy atom. The van der Waals surface area contributed by atoms with Crippen LogP contribution in [0.1, 0.15) is 23.5 Å². The van der Waals surface area contributed by atoms with E-state index in [1.165, 1.54) is 18.2 Å². The van der Waals surface area contributed by atoms with E-state index >= 15 is 0 Å². The molecule has 0 bridgehead atoms. The first-order valence-electron chi connectivity index (χ1n) is 6.10. The highest BCUT2D eigenvalue weighted by Crippen LogP contribution is 2.47. The number of hydrogen-bond acceptors (Lipinski definition) is 5. The van der Waals surface area contributed by atoms with Crippen molar-refractivity contribution in [1.29, 1.82) is 0 Å². The van der Waals surface area contributed by atoms with Crippen LogP contribution in [-0.2, 0) is 4.79 Å². The predicted octanol–water partition coefficient (Wildman–Crippen LogP) is 2.24. The molecule has 2 aromatic rings. The van der Waals surface area contributed by atoms with Gasteiger partial charge in [-0.3, -0.25) is 4.79 Å². The standard InChI is InChI=1S/C15H12O5/c16-8-5-12(18)15-10(7-14(19)20-13(15)6-8)9-3-1-2-4-11(9)17/h1-6,10,16-18H,7H2/t10-/m0/s1. The first-order chi connectivity index (χ1) is 9.56. The number of phenols is 3. The van der Waals surface area contributed by atoms with Gasteiger partial charge in [0.2, 0.25) is 0 Å². The maximum Gasteiger partial charge on any atom is 0.312 e. The van der Waals surface area contributed by atoms with E-state index in [1.54, 1.807) is 18.2 Å². The average molecular weight is 272 g/mol. The predicted molar refractivity (Wildman–Crippen MR) is 70.0 cm³/mol. The maximum absolute atomic E-state index is 11.7. The summed E-state index contributed by atoms with van der Waals surface area (Å²) in [5, 5.41) is 29.4. The second-order valence-electron chi connectivity index (χ2n) is 4.67. The molecule has 0 radical (unpaired) electrons. The number of esters is 1. The van der Waals surface area contributed by atoms with Gasteiger partial charge in [-0.1, -0.05) is 18.2 Å². The van der Waals surface area contributed by atoms with Gasteiger partial charge in [0, 0.05) is 29.2 Å². The zero-order valence-corrected chi connectivity index (χ0v) is 10.4. The molecule has 1 atom stereocenters. The van der Waals surface area contributed by atoms with E-state index in [9.17, 15) is 20.1 Å². The molecule has 1 aliphatic heterocycles. The number of hydrogen-bond donors (Lipinski definition) is 3. The Balaban J connectivity index is 2.20. The van der Waals surface area contributed by atoms with Gasteiger partial charge in [-0.05, 0) is 6.07 Å². The SMILES string of the molecule is O=C1C[C@@H](c2ccccc2O)c2c(O)cc(O)cc2O1. The molecule has 0 fully saturated rings. The Morgan fingerprint density at radius 3 is 2.55 bits per heavy atom. The molecule has 1 aliphatic rings. The number of phenolic OH excluding ortho intramolecular Hbond substituents is 3. The van der Waals surface area contributed by atoms with Crippen molar-refractivity contribution in [3.05, 3.63) is 47.5 Å². The zero-order valence-electron chi connectivity index (χ0n) is 10.4. The van der Waals surface area contributed by atoms with Gasteiger partial charge in [0.15, 0.2) is 0 Å². The number of fused-ring (bicyclic) bond motifs is 1. The van der Waals surface area contributed by atoms with Crippen LogP contribution in [0.2, 0.25) is 0 Å². The van der Waals surface area contributed by atoms with Crippen molar-refractivity contribution in [2.24, 2.45) is 0 Å². The van der Waals surface area contributed by atoms with Crippen molar-refractivity contribution >= 4 is 5.97 Å².